The van der Waals surface area contributed by atoms with Crippen LogP contribution in [0.1, 0.15) is 41.0 Å². The van der Waals surface area contributed by atoms with Gasteiger partial charge in [0.2, 0.25) is 0 Å². The van der Waals surface area contributed by atoms with Gasteiger partial charge in [0.15, 0.2) is 8.32 Å². The highest BCUT2D eigenvalue weighted by molar-refractivity contribution is 6.73. The van der Waals surface area contributed by atoms with Crippen LogP contribution in [0, 0.1) is 5.92 Å². The number of rotatable bonds is 7. The molecule has 0 spiro atoms. The minimum Gasteiger partial charge on any atom is -0.417 e. The van der Waals surface area contributed by atoms with Crippen molar-refractivity contribution < 1.29 is 4.43 Å². The molecule has 1 nitrogen and oxygen atoms in total. The van der Waals surface area contributed by atoms with E-state index in [2.05, 4.69) is 34.6 Å². The summed E-state index contributed by atoms with van der Waals surface area (Å²) in [4.78, 5) is 0. The fourth-order valence-corrected chi connectivity index (χ4v) is 4.23. The second kappa shape index (κ2) is 6.60. The molecular formula is C11H26OSi. The van der Waals surface area contributed by atoms with Crippen molar-refractivity contribution in [1.82, 2.24) is 0 Å². The van der Waals surface area contributed by atoms with E-state index in [1.165, 1.54) is 24.6 Å². The summed E-state index contributed by atoms with van der Waals surface area (Å²) in [5.41, 5.74) is 0. The summed E-state index contributed by atoms with van der Waals surface area (Å²) >= 11 is 0. The Labute approximate surface area is 85.0 Å². The van der Waals surface area contributed by atoms with Gasteiger partial charge in [0, 0.05) is 6.61 Å². The molecule has 0 heterocycles. The highest BCUT2D eigenvalue weighted by Crippen LogP contribution is 2.22. The Kier molecular flexibility index (Phi) is 6.69. The normalized spacial score (nSPS) is 12.5. The van der Waals surface area contributed by atoms with Crippen LogP contribution in [0.2, 0.25) is 18.1 Å². The summed E-state index contributed by atoms with van der Waals surface area (Å²) in [6.07, 6.45) is 1.22. The molecule has 0 aromatic carbocycles. The van der Waals surface area contributed by atoms with E-state index in [1.54, 1.807) is 0 Å². The standard InChI is InChI=1S/C11H26OSi/c1-6-13(7-2,8-3)12-10-9-11(4)5/h11H,6-10H2,1-5H3. The van der Waals surface area contributed by atoms with Crippen molar-refractivity contribution >= 4 is 8.32 Å². The lowest BCUT2D eigenvalue weighted by Gasteiger charge is -2.28. The fraction of sp³-hybridized carbons (Fsp3) is 1.00. The third-order valence-corrected chi connectivity index (χ3v) is 7.72. The van der Waals surface area contributed by atoms with E-state index in [1.807, 2.05) is 0 Å². The molecule has 13 heavy (non-hydrogen) atoms. The van der Waals surface area contributed by atoms with E-state index in [-0.39, 0.29) is 0 Å². The minimum absolute atomic E-state index is 0.775. The van der Waals surface area contributed by atoms with Crippen molar-refractivity contribution in [3.63, 3.8) is 0 Å². The first-order chi connectivity index (χ1) is 6.10. The first-order valence-corrected chi connectivity index (χ1v) is 8.27. The SMILES string of the molecule is CC[Si](CC)(CC)OCCC(C)C. The van der Waals surface area contributed by atoms with Crippen LogP contribution < -0.4 is 0 Å². The van der Waals surface area contributed by atoms with E-state index in [0.29, 0.717) is 0 Å². The largest absolute Gasteiger partial charge is 0.417 e. The van der Waals surface area contributed by atoms with Gasteiger partial charge in [-0.1, -0.05) is 34.6 Å². The average molecular weight is 202 g/mol. The van der Waals surface area contributed by atoms with Crippen LogP contribution in [-0.2, 0) is 4.43 Å². The summed E-state index contributed by atoms with van der Waals surface area (Å²) in [5.74, 6) is 0.775. The van der Waals surface area contributed by atoms with Crippen molar-refractivity contribution in [1.29, 1.82) is 0 Å². The average Bonchev–Trinajstić information content (AvgIpc) is 2.13. The van der Waals surface area contributed by atoms with Gasteiger partial charge in [-0.2, -0.15) is 0 Å². The minimum atomic E-state index is -1.28. The number of hydrogen-bond acceptors (Lipinski definition) is 1. The van der Waals surface area contributed by atoms with Gasteiger partial charge in [-0.05, 0) is 30.5 Å². The van der Waals surface area contributed by atoms with Gasteiger partial charge >= 0.3 is 0 Å². The first kappa shape index (κ1) is 13.2. The van der Waals surface area contributed by atoms with Crippen LogP contribution in [0.5, 0.6) is 0 Å². The summed E-state index contributed by atoms with van der Waals surface area (Å²) in [5, 5.41) is 0. The quantitative estimate of drug-likeness (QED) is 0.566. The van der Waals surface area contributed by atoms with Crippen molar-refractivity contribution in [2.45, 2.75) is 59.2 Å². The predicted molar refractivity (Wildman–Crippen MR) is 62.6 cm³/mol. The lowest BCUT2D eigenvalue weighted by atomic mass is 10.2. The zero-order valence-electron chi connectivity index (χ0n) is 10.0. The molecule has 0 atom stereocenters. The monoisotopic (exact) mass is 202 g/mol. The van der Waals surface area contributed by atoms with Gasteiger partial charge in [-0.25, -0.2) is 0 Å². The summed E-state index contributed by atoms with van der Waals surface area (Å²) < 4.78 is 6.13. The Morgan fingerprint density at radius 3 is 1.77 bits per heavy atom. The molecular weight excluding hydrogens is 176 g/mol. The van der Waals surface area contributed by atoms with Crippen molar-refractivity contribution in [3.8, 4) is 0 Å². The molecule has 0 aliphatic rings. The lowest BCUT2D eigenvalue weighted by molar-refractivity contribution is 0.273. The Balaban J connectivity index is 3.81. The van der Waals surface area contributed by atoms with Crippen molar-refractivity contribution in [2.75, 3.05) is 6.61 Å². The molecule has 0 aromatic heterocycles. The summed E-state index contributed by atoms with van der Waals surface area (Å²) in [6, 6.07) is 3.83. The Hall–Kier alpha value is 0.177. The maximum atomic E-state index is 6.13. The van der Waals surface area contributed by atoms with Gasteiger partial charge < -0.3 is 4.43 Å². The molecule has 80 valence electrons. The van der Waals surface area contributed by atoms with Crippen LogP contribution in [-0.4, -0.2) is 14.9 Å². The molecule has 0 bridgehead atoms. The molecule has 0 fully saturated rings. The maximum Gasteiger partial charge on any atom is 0.191 e. The molecule has 0 amide bonds. The third-order valence-electron chi connectivity index (χ3n) is 3.04. The maximum absolute atomic E-state index is 6.13. The van der Waals surface area contributed by atoms with E-state index >= 15 is 0 Å². The van der Waals surface area contributed by atoms with Crippen LogP contribution in [0.3, 0.4) is 0 Å². The molecule has 0 saturated carbocycles. The zero-order chi connectivity index (χ0) is 10.3. The highest BCUT2D eigenvalue weighted by atomic mass is 28.4. The molecule has 0 aliphatic heterocycles. The van der Waals surface area contributed by atoms with Crippen molar-refractivity contribution in [2.24, 2.45) is 5.92 Å². The topological polar surface area (TPSA) is 9.23 Å². The van der Waals surface area contributed by atoms with Gasteiger partial charge in [0.1, 0.15) is 0 Å². The fourth-order valence-electron chi connectivity index (χ4n) is 1.57. The molecule has 0 unspecified atom stereocenters. The molecule has 0 saturated heterocycles. The molecule has 2 heteroatoms. The summed E-state index contributed by atoms with van der Waals surface area (Å²) in [6.45, 7) is 12.4. The Bertz CT molecular complexity index is 111. The van der Waals surface area contributed by atoms with Crippen molar-refractivity contribution in [3.05, 3.63) is 0 Å². The van der Waals surface area contributed by atoms with Gasteiger partial charge in [-0.3, -0.25) is 0 Å². The van der Waals surface area contributed by atoms with Gasteiger partial charge in [0.05, 0.1) is 0 Å². The zero-order valence-corrected chi connectivity index (χ0v) is 11.0. The van der Waals surface area contributed by atoms with Crippen LogP contribution >= 0.6 is 0 Å². The van der Waals surface area contributed by atoms with Crippen LogP contribution in [0.4, 0.5) is 0 Å². The Morgan fingerprint density at radius 2 is 1.46 bits per heavy atom. The first-order valence-electron chi connectivity index (χ1n) is 5.74. The summed E-state index contributed by atoms with van der Waals surface area (Å²) in [7, 11) is -1.28. The lowest BCUT2D eigenvalue weighted by Crippen LogP contribution is -2.36. The smallest absolute Gasteiger partial charge is 0.191 e. The highest BCUT2D eigenvalue weighted by Gasteiger charge is 2.28. The van der Waals surface area contributed by atoms with Crippen LogP contribution in [0.15, 0.2) is 0 Å². The predicted octanol–water partition coefficient (Wildman–Crippen LogP) is 4.05. The second-order valence-corrected chi connectivity index (χ2v) is 9.05. The molecule has 0 aromatic rings. The van der Waals surface area contributed by atoms with E-state index in [9.17, 15) is 0 Å². The van der Waals surface area contributed by atoms with Gasteiger partial charge in [0.25, 0.3) is 0 Å². The molecule has 0 radical (unpaired) electrons. The van der Waals surface area contributed by atoms with E-state index in [4.69, 9.17) is 4.43 Å². The molecule has 0 N–H and O–H groups in total. The second-order valence-electron chi connectivity index (χ2n) is 4.27. The Morgan fingerprint density at radius 1 is 1.00 bits per heavy atom. The molecule has 0 aliphatic carbocycles. The van der Waals surface area contributed by atoms with Gasteiger partial charge in [-0.15, -0.1) is 0 Å². The van der Waals surface area contributed by atoms with Crippen LogP contribution in [0.25, 0.3) is 0 Å². The molecule has 0 rings (SSSR count). The van der Waals surface area contributed by atoms with E-state index < -0.39 is 8.32 Å². The number of hydrogen-bond donors (Lipinski definition) is 0. The third kappa shape index (κ3) is 4.82. The van der Waals surface area contributed by atoms with E-state index in [0.717, 1.165) is 12.5 Å².